The van der Waals surface area contributed by atoms with Gasteiger partial charge in [-0.2, -0.15) is 0 Å². The molecule has 3 rings (SSSR count). The van der Waals surface area contributed by atoms with E-state index >= 15 is 0 Å². The van der Waals surface area contributed by atoms with Gasteiger partial charge in [0, 0.05) is 37.5 Å². The van der Waals surface area contributed by atoms with Crippen molar-refractivity contribution >= 4 is 17.7 Å². The summed E-state index contributed by atoms with van der Waals surface area (Å²) < 4.78 is 32.6. The molecular formula is C19H24F2N2O3. The number of ether oxygens (including phenoxy) is 1. The van der Waals surface area contributed by atoms with E-state index in [9.17, 15) is 18.4 Å². The Morgan fingerprint density at radius 1 is 1.19 bits per heavy atom. The summed E-state index contributed by atoms with van der Waals surface area (Å²) in [5, 5.41) is 0. The van der Waals surface area contributed by atoms with Crippen LogP contribution in [-0.2, 0) is 9.53 Å². The van der Waals surface area contributed by atoms with E-state index in [1.165, 1.54) is 11.0 Å². The quantitative estimate of drug-likeness (QED) is 0.761. The van der Waals surface area contributed by atoms with E-state index in [1.807, 2.05) is 20.8 Å². The Kier molecular flexibility index (Phi) is 4.67. The van der Waals surface area contributed by atoms with Gasteiger partial charge in [-0.3, -0.25) is 4.79 Å². The largest absolute Gasteiger partial charge is 0.444 e. The second kappa shape index (κ2) is 6.52. The van der Waals surface area contributed by atoms with Gasteiger partial charge in [-0.1, -0.05) is 0 Å². The van der Waals surface area contributed by atoms with Crippen LogP contribution in [0.5, 0.6) is 0 Å². The highest BCUT2D eigenvalue weighted by molar-refractivity contribution is 5.96. The number of carbonyl (C=O) groups excluding carboxylic acids is 2. The molecule has 26 heavy (non-hydrogen) atoms. The fourth-order valence-electron chi connectivity index (χ4n) is 3.64. The van der Waals surface area contributed by atoms with Gasteiger partial charge in [-0.25, -0.2) is 13.6 Å². The zero-order chi connectivity index (χ0) is 19.1. The van der Waals surface area contributed by atoms with E-state index in [2.05, 4.69) is 0 Å². The van der Waals surface area contributed by atoms with Crippen LogP contribution < -0.4 is 4.90 Å². The number of amides is 2. The number of hydrogen-bond donors (Lipinski definition) is 0. The van der Waals surface area contributed by atoms with E-state index in [-0.39, 0.29) is 23.1 Å². The molecule has 2 aliphatic rings. The van der Waals surface area contributed by atoms with Gasteiger partial charge in [0.15, 0.2) is 0 Å². The van der Waals surface area contributed by atoms with Crippen LogP contribution in [0.15, 0.2) is 18.2 Å². The molecule has 0 bridgehead atoms. The van der Waals surface area contributed by atoms with Crippen LogP contribution in [0.2, 0.25) is 0 Å². The lowest BCUT2D eigenvalue weighted by atomic mass is 9.78. The van der Waals surface area contributed by atoms with Crippen molar-refractivity contribution in [3.05, 3.63) is 29.8 Å². The third-order valence-electron chi connectivity index (χ3n) is 5.00. The topological polar surface area (TPSA) is 49.9 Å². The van der Waals surface area contributed by atoms with E-state index in [4.69, 9.17) is 4.74 Å². The molecular weight excluding hydrogens is 342 g/mol. The van der Waals surface area contributed by atoms with E-state index in [1.54, 1.807) is 4.90 Å². The van der Waals surface area contributed by atoms with E-state index in [0.717, 1.165) is 12.1 Å². The zero-order valence-electron chi connectivity index (χ0n) is 15.3. The van der Waals surface area contributed by atoms with Crippen molar-refractivity contribution in [2.45, 2.75) is 45.6 Å². The third-order valence-corrected chi connectivity index (χ3v) is 5.00. The SMILES string of the molecule is CC(C)(C)OC(=O)N1CCC2(CC1)CC(=O)N(c1ccc(F)cc1F)C2. The number of benzene rings is 1. The molecule has 7 heteroatoms. The standard InChI is InChI=1S/C19H24F2N2O3/c1-18(2,3)26-17(25)22-8-6-19(7-9-22)11-16(24)23(12-19)15-5-4-13(20)10-14(15)21/h4-5,10H,6-9,11-12H2,1-3H3. The lowest BCUT2D eigenvalue weighted by molar-refractivity contribution is -0.118. The number of likely N-dealkylation sites (tertiary alicyclic amines) is 1. The second-order valence-electron chi connectivity index (χ2n) is 8.22. The molecule has 2 saturated heterocycles. The van der Waals surface area contributed by atoms with Crippen LogP contribution in [0.25, 0.3) is 0 Å². The van der Waals surface area contributed by atoms with Gasteiger partial charge < -0.3 is 14.5 Å². The first-order chi connectivity index (χ1) is 12.1. The Bertz CT molecular complexity index is 722. The second-order valence-corrected chi connectivity index (χ2v) is 8.22. The maximum Gasteiger partial charge on any atom is 0.410 e. The Morgan fingerprint density at radius 2 is 1.85 bits per heavy atom. The van der Waals surface area contributed by atoms with Crippen molar-refractivity contribution < 1.29 is 23.1 Å². The maximum atomic E-state index is 14.1. The molecule has 2 fully saturated rings. The highest BCUT2D eigenvalue weighted by atomic mass is 19.1. The smallest absolute Gasteiger partial charge is 0.410 e. The molecule has 142 valence electrons. The molecule has 1 spiro atoms. The molecule has 1 aromatic rings. The maximum absolute atomic E-state index is 14.1. The van der Waals surface area contributed by atoms with Crippen LogP contribution in [-0.4, -0.2) is 42.1 Å². The Morgan fingerprint density at radius 3 is 2.42 bits per heavy atom. The summed E-state index contributed by atoms with van der Waals surface area (Å²) in [5.41, 5.74) is -0.717. The number of carbonyl (C=O) groups is 2. The number of halogens is 2. The summed E-state index contributed by atoms with van der Waals surface area (Å²) >= 11 is 0. The molecule has 0 atom stereocenters. The molecule has 0 saturated carbocycles. The first-order valence-electron chi connectivity index (χ1n) is 8.82. The molecule has 0 aromatic heterocycles. The Labute approximate surface area is 151 Å². The van der Waals surface area contributed by atoms with E-state index in [0.29, 0.717) is 38.9 Å². The van der Waals surface area contributed by atoms with E-state index < -0.39 is 17.2 Å². The number of piperidine rings is 1. The predicted octanol–water partition coefficient (Wildman–Crippen LogP) is 3.72. The molecule has 1 aromatic carbocycles. The molecule has 2 aliphatic heterocycles. The minimum atomic E-state index is -0.735. The van der Waals surface area contributed by atoms with Crippen molar-refractivity contribution in [3.8, 4) is 0 Å². The van der Waals surface area contributed by atoms with Gasteiger partial charge in [0.05, 0.1) is 5.69 Å². The fraction of sp³-hybridized carbons (Fsp3) is 0.579. The lowest BCUT2D eigenvalue weighted by Crippen LogP contribution is -2.46. The number of anilines is 1. The summed E-state index contributed by atoms with van der Waals surface area (Å²) in [4.78, 5) is 27.7. The molecule has 2 heterocycles. The first-order valence-corrected chi connectivity index (χ1v) is 8.82. The van der Waals surface area contributed by atoms with Gasteiger partial charge in [0.1, 0.15) is 17.2 Å². The summed E-state index contributed by atoms with van der Waals surface area (Å²) in [7, 11) is 0. The normalized spacial score (nSPS) is 20.0. The van der Waals surface area contributed by atoms with Crippen LogP contribution in [0.1, 0.15) is 40.0 Å². The molecule has 0 radical (unpaired) electrons. The van der Waals surface area contributed by atoms with Gasteiger partial charge in [0.2, 0.25) is 5.91 Å². The average molecular weight is 366 g/mol. The van der Waals surface area contributed by atoms with Gasteiger partial charge in [-0.05, 0) is 45.7 Å². The lowest BCUT2D eigenvalue weighted by Gasteiger charge is -2.39. The van der Waals surface area contributed by atoms with Crippen molar-refractivity contribution in [2.75, 3.05) is 24.5 Å². The molecule has 0 N–H and O–H groups in total. The van der Waals surface area contributed by atoms with Crippen molar-refractivity contribution in [3.63, 3.8) is 0 Å². The summed E-state index contributed by atoms with van der Waals surface area (Å²) in [6, 6.07) is 3.25. The molecule has 5 nitrogen and oxygen atoms in total. The van der Waals surface area contributed by atoms with Crippen molar-refractivity contribution in [1.29, 1.82) is 0 Å². The van der Waals surface area contributed by atoms with Gasteiger partial charge in [0.25, 0.3) is 0 Å². The first kappa shape index (κ1) is 18.6. The number of rotatable bonds is 1. The Hall–Kier alpha value is -2.18. The highest BCUT2D eigenvalue weighted by Crippen LogP contribution is 2.43. The third kappa shape index (κ3) is 3.81. The molecule has 0 unspecified atom stereocenters. The minimum absolute atomic E-state index is 0.114. The summed E-state index contributed by atoms with van der Waals surface area (Å²) in [5.74, 6) is -1.57. The van der Waals surface area contributed by atoms with Gasteiger partial charge in [-0.15, -0.1) is 0 Å². The summed E-state index contributed by atoms with van der Waals surface area (Å²) in [6.45, 7) is 6.85. The Balaban J connectivity index is 1.67. The predicted molar refractivity (Wildman–Crippen MR) is 92.8 cm³/mol. The van der Waals surface area contributed by atoms with Crippen LogP contribution in [0.3, 0.4) is 0 Å². The fourth-order valence-corrected chi connectivity index (χ4v) is 3.64. The number of nitrogens with zero attached hydrogens (tertiary/aromatic N) is 2. The minimum Gasteiger partial charge on any atom is -0.444 e. The van der Waals surface area contributed by atoms with Crippen LogP contribution in [0.4, 0.5) is 19.3 Å². The van der Waals surface area contributed by atoms with Crippen LogP contribution >= 0.6 is 0 Å². The van der Waals surface area contributed by atoms with Crippen molar-refractivity contribution in [1.82, 2.24) is 4.90 Å². The van der Waals surface area contributed by atoms with Crippen molar-refractivity contribution in [2.24, 2.45) is 5.41 Å². The zero-order valence-corrected chi connectivity index (χ0v) is 15.3. The monoisotopic (exact) mass is 366 g/mol. The average Bonchev–Trinajstić information content (AvgIpc) is 2.82. The summed E-state index contributed by atoms with van der Waals surface area (Å²) in [6.07, 6.45) is 1.26. The van der Waals surface area contributed by atoms with Crippen LogP contribution in [0, 0.1) is 17.0 Å². The number of hydrogen-bond acceptors (Lipinski definition) is 3. The van der Waals surface area contributed by atoms with Gasteiger partial charge >= 0.3 is 6.09 Å². The highest BCUT2D eigenvalue weighted by Gasteiger charge is 2.46. The molecule has 2 amide bonds. The molecule has 0 aliphatic carbocycles.